The zero-order valence-corrected chi connectivity index (χ0v) is 6.53. The first kappa shape index (κ1) is 6.40. The van der Waals surface area contributed by atoms with E-state index < -0.39 is 0 Å². The van der Waals surface area contributed by atoms with Crippen LogP contribution in [0.4, 0.5) is 0 Å². The first-order chi connectivity index (χ1) is 5.38. The van der Waals surface area contributed by atoms with Gasteiger partial charge in [-0.05, 0) is 0 Å². The van der Waals surface area contributed by atoms with Crippen molar-refractivity contribution in [3.8, 4) is 0 Å². The largest absolute Gasteiger partial charge is 0.369 e. The molecule has 1 aliphatic carbocycles. The molecule has 3 fully saturated rings. The third kappa shape index (κ3) is 0.789. The van der Waals surface area contributed by atoms with E-state index in [1.54, 1.807) is 7.11 Å². The highest BCUT2D eigenvalue weighted by Crippen LogP contribution is 2.50. The molecule has 2 heterocycles. The summed E-state index contributed by atoms with van der Waals surface area (Å²) in [7, 11) is 1.71. The van der Waals surface area contributed by atoms with Gasteiger partial charge in [0.15, 0.2) is 6.29 Å². The number of hydrogen-bond donors (Lipinski definition) is 0. The van der Waals surface area contributed by atoms with Gasteiger partial charge >= 0.3 is 0 Å². The second-order valence-corrected chi connectivity index (χ2v) is 3.61. The van der Waals surface area contributed by atoms with Gasteiger partial charge in [0.2, 0.25) is 0 Å². The van der Waals surface area contributed by atoms with Crippen LogP contribution in [0.1, 0.15) is 12.8 Å². The molecular weight excluding hydrogens is 144 g/mol. The first-order valence-corrected chi connectivity index (χ1v) is 4.22. The Hall–Kier alpha value is -0.120. The Labute approximate surface area is 65.6 Å². The SMILES string of the molecule is CO[C@@H]1C[C@@H]2[C@@H](CC3O[C@@H]32)O1. The lowest BCUT2D eigenvalue weighted by atomic mass is 10.0. The molecule has 11 heavy (non-hydrogen) atoms. The van der Waals surface area contributed by atoms with Crippen LogP contribution < -0.4 is 0 Å². The van der Waals surface area contributed by atoms with Gasteiger partial charge in [0.25, 0.3) is 0 Å². The van der Waals surface area contributed by atoms with Gasteiger partial charge in [-0.25, -0.2) is 0 Å². The fourth-order valence-corrected chi connectivity index (χ4v) is 2.40. The Balaban J connectivity index is 1.73. The lowest BCUT2D eigenvalue weighted by molar-refractivity contribution is -0.117. The van der Waals surface area contributed by atoms with Gasteiger partial charge in [-0.3, -0.25) is 0 Å². The zero-order valence-electron chi connectivity index (χ0n) is 6.53. The Morgan fingerprint density at radius 1 is 1.18 bits per heavy atom. The smallest absolute Gasteiger partial charge is 0.158 e. The standard InChI is InChI=1S/C8H12O3/c1-9-7-2-4-5(10-7)3-6-8(4)11-6/h4-8H,2-3H2,1H3/t4-,5-,6?,7+,8-/m1/s1. The summed E-state index contributed by atoms with van der Waals surface area (Å²) in [6, 6.07) is 0. The van der Waals surface area contributed by atoms with Crippen molar-refractivity contribution >= 4 is 0 Å². The molecule has 3 rings (SSSR count). The molecule has 2 saturated heterocycles. The Morgan fingerprint density at radius 3 is 2.82 bits per heavy atom. The highest BCUT2D eigenvalue weighted by Gasteiger charge is 2.59. The molecular formula is C8H12O3. The predicted octanol–water partition coefficient (Wildman–Crippen LogP) is 0.535. The van der Waals surface area contributed by atoms with Gasteiger partial charge in [0, 0.05) is 25.9 Å². The molecule has 2 aliphatic heterocycles. The summed E-state index contributed by atoms with van der Waals surface area (Å²) in [6.45, 7) is 0. The molecule has 0 aromatic carbocycles. The highest BCUT2D eigenvalue weighted by molar-refractivity contribution is 5.05. The number of rotatable bonds is 1. The third-order valence-corrected chi connectivity index (χ3v) is 3.04. The minimum absolute atomic E-state index is 0.0372. The number of hydrogen-bond acceptors (Lipinski definition) is 3. The Kier molecular flexibility index (Phi) is 1.15. The quantitative estimate of drug-likeness (QED) is 0.519. The Morgan fingerprint density at radius 2 is 2.09 bits per heavy atom. The number of methoxy groups -OCH3 is 1. The second-order valence-electron chi connectivity index (χ2n) is 3.61. The van der Waals surface area contributed by atoms with Gasteiger partial charge < -0.3 is 14.2 Å². The van der Waals surface area contributed by atoms with E-state index in [9.17, 15) is 0 Å². The van der Waals surface area contributed by atoms with E-state index in [0.717, 1.165) is 12.8 Å². The van der Waals surface area contributed by atoms with Crippen LogP contribution in [0.25, 0.3) is 0 Å². The molecule has 0 spiro atoms. The fourth-order valence-electron chi connectivity index (χ4n) is 2.40. The monoisotopic (exact) mass is 156 g/mol. The van der Waals surface area contributed by atoms with Crippen LogP contribution in [0.2, 0.25) is 0 Å². The molecule has 5 atom stereocenters. The van der Waals surface area contributed by atoms with Gasteiger partial charge in [0.1, 0.15) is 0 Å². The van der Waals surface area contributed by atoms with Crippen molar-refractivity contribution in [2.24, 2.45) is 5.92 Å². The van der Waals surface area contributed by atoms with Crippen molar-refractivity contribution in [3.05, 3.63) is 0 Å². The van der Waals surface area contributed by atoms with E-state index in [0.29, 0.717) is 24.2 Å². The summed E-state index contributed by atoms with van der Waals surface area (Å²) in [5, 5.41) is 0. The van der Waals surface area contributed by atoms with Crippen molar-refractivity contribution in [3.63, 3.8) is 0 Å². The molecule has 3 nitrogen and oxygen atoms in total. The summed E-state index contributed by atoms with van der Waals surface area (Å²) in [5.74, 6) is 0.630. The van der Waals surface area contributed by atoms with Crippen LogP contribution in [0.15, 0.2) is 0 Å². The van der Waals surface area contributed by atoms with Crippen molar-refractivity contribution in [2.75, 3.05) is 7.11 Å². The molecule has 0 aromatic heterocycles. The number of ether oxygens (including phenoxy) is 3. The average Bonchev–Trinajstić information content (AvgIpc) is 2.55. The lowest BCUT2D eigenvalue weighted by Gasteiger charge is -2.10. The lowest BCUT2D eigenvalue weighted by Crippen LogP contribution is -2.14. The predicted molar refractivity (Wildman–Crippen MR) is 37.1 cm³/mol. The van der Waals surface area contributed by atoms with Crippen LogP contribution in [-0.4, -0.2) is 31.7 Å². The van der Waals surface area contributed by atoms with Crippen molar-refractivity contribution in [1.29, 1.82) is 0 Å². The summed E-state index contributed by atoms with van der Waals surface area (Å²) in [5.41, 5.74) is 0. The molecule has 1 saturated carbocycles. The molecule has 3 heteroatoms. The maximum Gasteiger partial charge on any atom is 0.158 e. The molecule has 0 N–H and O–H groups in total. The van der Waals surface area contributed by atoms with Crippen molar-refractivity contribution in [1.82, 2.24) is 0 Å². The van der Waals surface area contributed by atoms with Gasteiger partial charge in [-0.1, -0.05) is 0 Å². The van der Waals surface area contributed by atoms with E-state index in [1.807, 2.05) is 0 Å². The second kappa shape index (κ2) is 1.97. The number of fused-ring (bicyclic) bond motifs is 3. The zero-order chi connectivity index (χ0) is 7.42. The minimum atomic E-state index is 0.0372. The van der Waals surface area contributed by atoms with E-state index in [2.05, 4.69) is 0 Å². The van der Waals surface area contributed by atoms with E-state index in [1.165, 1.54) is 0 Å². The van der Waals surface area contributed by atoms with Crippen LogP contribution in [0.3, 0.4) is 0 Å². The molecule has 0 amide bonds. The normalized spacial score (nSPS) is 59.2. The molecule has 0 radical (unpaired) electrons. The summed E-state index contributed by atoms with van der Waals surface area (Å²) < 4.78 is 16.2. The van der Waals surface area contributed by atoms with Crippen LogP contribution in [-0.2, 0) is 14.2 Å². The topological polar surface area (TPSA) is 31.0 Å². The van der Waals surface area contributed by atoms with Crippen molar-refractivity contribution < 1.29 is 14.2 Å². The molecule has 1 unspecified atom stereocenters. The van der Waals surface area contributed by atoms with E-state index >= 15 is 0 Å². The van der Waals surface area contributed by atoms with Gasteiger partial charge in [-0.15, -0.1) is 0 Å². The molecule has 3 aliphatic rings. The van der Waals surface area contributed by atoms with Crippen LogP contribution >= 0.6 is 0 Å². The van der Waals surface area contributed by atoms with Crippen molar-refractivity contribution in [2.45, 2.75) is 37.4 Å². The average molecular weight is 156 g/mol. The molecule has 0 aromatic rings. The number of epoxide rings is 1. The van der Waals surface area contributed by atoms with Gasteiger partial charge in [-0.2, -0.15) is 0 Å². The summed E-state index contributed by atoms with van der Waals surface area (Å²) >= 11 is 0. The molecule has 62 valence electrons. The maximum absolute atomic E-state index is 5.63. The highest BCUT2D eigenvalue weighted by atomic mass is 16.7. The maximum atomic E-state index is 5.63. The summed E-state index contributed by atoms with van der Waals surface area (Å²) in [4.78, 5) is 0. The van der Waals surface area contributed by atoms with Crippen LogP contribution in [0, 0.1) is 5.92 Å². The fraction of sp³-hybridized carbons (Fsp3) is 1.00. The third-order valence-electron chi connectivity index (χ3n) is 3.04. The van der Waals surface area contributed by atoms with E-state index in [4.69, 9.17) is 14.2 Å². The summed E-state index contributed by atoms with van der Waals surface area (Å²) in [6.07, 6.45) is 3.64. The minimum Gasteiger partial charge on any atom is -0.369 e. The Bertz CT molecular complexity index is 182. The van der Waals surface area contributed by atoms with E-state index in [-0.39, 0.29) is 6.29 Å². The van der Waals surface area contributed by atoms with Gasteiger partial charge in [0.05, 0.1) is 18.3 Å². The first-order valence-electron chi connectivity index (χ1n) is 4.22. The molecule has 0 bridgehead atoms. The van der Waals surface area contributed by atoms with Crippen LogP contribution in [0.5, 0.6) is 0 Å².